The lowest BCUT2D eigenvalue weighted by molar-refractivity contribution is 0.0325. The Hall–Kier alpha value is -2.95. The van der Waals surface area contributed by atoms with Gasteiger partial charge in [-0.1, -0.05) is 44.1 Å². The minimum absolute atomic E-state index is 0.0417. The number of rotatable bonds is 6. The van der Waals surface area contributed by atoms with Crippen LogP contribution in [-0.4, -0.2) is 69.7 Å². The number of likely N-dealkylation sites (N-methyl/N-ethyl adjacent to an activating group) is 1. The van der Waals surface area contributed by atoms with E-state index in [1.54, 1.807) is 17.3 Å². The Labute approximate surface area is 214 Å². The summed E-state index contributed by atoms with van der Waals surface area (Å²) in [5.74, 6) is 7.27. The van der Waals surface area contributed by atoms with Crippen LogP contribution >= 0.6 is 0 Å². The second kappa shape index (κ2) is 12.3. The molecule has 7 heteroatoms. The predicted molar refractivity (Wildman–Crippen MR) is 139 cm³/mol. The molecule has 1 aliphatic carbocycles. The van der Waals surface area contributed by atoms with Crippen LogP contribution < -0.4 is 4.74 Å². The number of amides is 1. The fourth-order valence-corrected chi connectivity index (χ4v) is 5.00. The molecular formula is C29H38N4O3. The van der Waals surface area contributed by atoms with Crippen molar-refractivity contribution in [3.63, 3.8) is 0 Å². The van der Waals surface area contributed by atoms with Gasteiger partial charge >= 0.3 is 0 Å². The molecule has 36 heavy (non-hydrogen) atoms. The summed E-state index contributed by atoms with van der Waals surface area (Å²) in [6.07, 6.45) is 11.2. The fourth-order valence-electron chi connectivity index (χ4n) is 5.00. The minimum atomic E-state index is -0.309. The van der Waals surface area contributed by atoms with Crippen LogP contribution in [0.15, 0.2) is 36.8 Å². The number of carbonyl (C=O) groups is 1. The van der Waals surface area contributed by atoms with E-state index in [2.05, 4.69) is 46.7 Å². The van der Waals surface area contributed by atoms with Crippen molar-refractivity contribution in [2.45, 2.75) is 64.6 Å². The number of pyridine rings is 2. The summed E-state index contributed by atoms with van der Waals surface area (Å²) in [5.41, 5.74) is 2.27. The molecule has 0 bridgehead atoms. The van der Waals surface area contributed by atoms with E-state index in [0.29, 0.717) is 30.5 Å². The number of ether oxygens (including phenoxy) is 1. The molecular weight excluding hydrogens is 452 g/mol. The van der Waals surface area contributed by atoms with Crippen molar-refractivity contribution >= 4 is 5.91 Å². The van der Waals surface area contributed by atoms with Crippen molar-refractivity contribution in [1.82, 2.24) is 19.8 Å². The smallest absolute Gasteiger partial charge is 0.259 e. The summed E-state index contributed by atoms with van der Waals surface area (Å²) in [6, 6.07) is 5.50. The molecule has 192 valence electrons. The Morgan fingerprint density at radius 1 is 1.28 bits per heavy atom. The highest BCUT2D eigenvalue weighted by molar-refractivity contribution is 5.97. The third-order valence-electron chi connectivity index (χ3n) is 7.21. The third kappa shape index (κ3) is 6.63. The molecule has 2 aromatic rings. The van der Waals surface area contributed by atoms with E-state index in [4.69, 9.17) is 4.74 Å². The highest BCUT2D eigenvalue weighted by Crippen LogP contribution is 2.28. The molecule has 3 atom stereocenters. The summed E-state index contributed by atoms with van der Waals surface area (Å²) in [5, 5.41) is 9.88. The average Bonchev–Trinajstić information content (AvgIpc) is 2.90. The number of hydrogen-bond donors (Lipinski definition) is 1. The molecule has 0 saturated heterocycles. The SMILES string of the molecule is C[C@@H]1CN([C@@H](C)CO)C(=O)c2cc(C#CC3CCCCC3)cnc2O[C@@H]1CN(C)Cc1cccnc1. The molecule has 0 aromatic carbocycles. The predicted octanol–water partition coefficient (Wildman–Crippen LogP) is 3.76. The van der Waals surface area contributed by atoms with Gasteiger partial charge in [0.15, 0.2) is 0 Å². The van der Waals surface area contributed by atoms with Crippen LogP contribution in [-0.2, 0) is 6.54 Å². The molecule has 0 spiro atoms. The van der Waals surface area contributed by atoms with Gasteiger partial charge in [0.25, 0.3) is 5.91 Å². The summed E-state index contributed by atoms with van der Waals surface area (Å²) in [6.45, 7) is 5.75. The summed E-state index contributed by atoms with van der Waals surface area (Å²) in [7, 11) is 2.05. The lowest BCUT2D eigenvalue weighted by atomic mass is 9.90. The van der Waals surface area contributed by atoms with Gasteiger partial charge in [0.05, 0.1) is 12.6 Å². The first-order valence-electron chi connectivity index (χ1n) is 13.1. The van der Waals surface area contributed by atoms with E-state index in [1.807, 2.05) is 25.3 Å². The number of nitrogens with zero attached hydrogens (tertiary/aromatic N) is 4. The van der Waals surface area contributed by atoms with Crippen LogP contribution in [0.4, 0.5) is 0 Å². The quantitative estimate of drug-likeness (QED) is 0.622. The van der Waals surface area contributed by atoms with Gasteiger partial charge in [-0.25, -0.2) is 4.98 Å². The zero-order valence-corrected chi connectivity index (χ0v) is 21.7. The lowest BCUT2D eigenvalue weighted by Crippen LogP contribution is -2.49. The van der Waals surface area contributed by atoms with Crippen molar-refractivity contribution in [1.29, 1.82) is 0 Å². The number of hydrogen-bond acceptors (Lipinski definition) is 6. The maximum atomic E-state index is 13.6. The van der Waals surface area contributed by atoms with E-state index in [9.17, 15) is 9.90 Å². The van der Waals surface area contributed by atoms with E-state index < -0.39 is 0 Å². The molecule has 1 amide bonds. The van der Waals surface area contributed by atoms with Gasteiger partial charge in [-0.05, 0) is 44.5 Å². The third-order valence-corrected chi connectivity index (χ3v) is 7.21. The Balaban J connectivity index is 1.59. The zero-order chi connectivity index (χ0) is 25.5. The van der Waals surface area contributed by atoms with E-state index in [-0.39, 0.29) is 30.6 Å². The second-order valence-electron chi connectivity index (χ2n) is 10.4. The largest absolute Gasteiger partial charge is 0.472 e. The van der Waals surface area contributed by atoms with Gasteiger partial charge in [0.1, 0.15) is 11.7 Å². The van der Waals surface area contributed by atoms with Crippen LogP contribution in [0.3, 0.4) is 0 Å². The molecule has 7 nitrogen and oxygen atoms in total. The number of aliphatic hydroxyl groups is 1. The zero-order valence-electron chi connectivity index (χ0n) is 21.7. The first kappa shape index (κ1) is 26.1. The molecule has 2 aliphatic rings. The fraction of sp³-hybridized carbons (Fsp3) is 0.552. The normalized spacial score (nSPS) is 21.6. The maximum Gasteiger partial charge on any atom is 0.259 e. The van der Waals surface area contributed by atoms with Gasteiger partial charge < -0.3 is 14.7 Å². The topological polar surface area (TPSA) is 78.8 Å². The summed E-state index contributed by atoms with van der Waals surface area (Å²) in [4.78, 5) is 26.3. The van der Waals surface area contributed by atoms with E-state index in [1.165, 1.54) is 19.3 Å². The monoisotopic (exact) mass is 490 g/mol. The maximum absolute atomic E-state index is 13.6. The van der Waals surface area contributed by atoms with Gasteiger partial charge in [-0.2, -0.15) is 0 Å². The van der Waals surface area contributed by atoms with Crippen molar-refractivity contribution in [2.24, 2.45) is 11.8 Å². The standard InChI is InChI=1S/C29H38N4O3/c1-21-17-33(22(2)20-34)29(35)26-14-24(12-11-23-8-5-4-6-9-23)16-31-28(26)36-27(21)19-32(3)18-25-10-7-13-30-15-25/h7,10,13-16,21-23,27,34H,4-6,8-9,17-20H2,1-3H3/t21-,22+,27-/m1/s1. The second-order valence-corrected chi connectivity index (χ2v) is 10.4. The van der Waals surface area contributed by atoms with Gasteiger partial charge in [-0.3, -0.25) is 14.7 Å². The molecule has 4 rings (SSSR count). The van der Waals surface area contributed by atoms with Crippen molar-refractivity contribution in [3.05, 3.63) is 53.5 Å². The number of aliphatic hydroxyl groups excluding tert-OH is 1. The molecule has 1 saturated carbocycles. The Bertz CT molecular complexity index is 1070. The summed E-state index contributed by atoms with van der Waals surface area (Å²) < 4.78 is 6.41. The van der Waals surface area contributed by atoms with Crippen LogP contribution in [0.2, 0.25) is 0 Å². The van der Waals surface area contributed by atoms with Crippen LogP contribution in [0.1, 0.15) is 67.4 Å². The summed E-state index contributed by atoms with van der Waals surface area (Å²) >= 11 is 0. The molecule has 1 aliphatic heterocycles. The van der Waals surface area contributed by atoms with Crippen molar-refractivity contribution in [3.8, 4) is 17.7 Å². The lowest BCUT2D eigenvalue weighted by Gasteiger charge is -2.37. The first-order chi connectivity index (χ1) is 17.4. The molecule has 1 fully saturated rings. The average molecular weight is 491 g/mol. The van der Waals surface area contributed by atoms with E-state index in [0.717, 1.165) is 30.5 Å². The van der Waals surface area contributed by atoms with Crippen LogP contribution in [0.5, 0.6) is 5.88 Å². The minimum Gasteiger partial charge on any atom is -0.472 e. The molecule has 2 aromatic heterocycles. The molecule has 1 N–H and O–H groups in total. The van der Waals surface area contributed by atoms with Crippen LogP contribution in [0.25, 0.3) is 0 Å². The first-order valence-corrected chi connectivity index (χ1v) is 13.1. The molecule has 0 unspecified atom stereocenters. The van der Waals surface area contributed by atoms with Gasteiger partial charge in [0.2, 0.25) is 5.88 Å². The molecule has 3 heterocycles. The Kier molecular flexibility index (Phi) is 8.95. The highest BCUT2D eigenvalue weighted by Gasteiger charge is 2.34. The van der Waals surface area contributed by atoms with Crippen molar-refractivity contribution in [2.75, 3.05) is 26.7 Å². The number of carbonyl (C=O) groups excluding carboxylic acids is 1. The molecule has 0 radical (unpaired) electrons. The van der Waals surface area contributed by atoms with E-state index >= 15 is 0 Å². The van der Waals surface area contributed by atoms with Gasteiger partial charge in [0, 0.05) is 55.6 Å². The Morgan fingerprint density at radius 3 is 2.81 bits per heavy atom. The number of fused-ring (bicyclic) bond motifs is 1. The Morgan fingerprint density at radius 2 is 2.08 bits per heavy atom. The van der Waals surface area contributed by atoms with Crippen molar-refractivity contribution < 1.29 is 14.6 Å². The van der Waals surface area contributed by atoms with Gasteiger partial charge in [-0.15, -0.1) is 0 Å². The highest BCUT2D eigenvalue weighted by atomic mass is 16.5. The van der Waals surface area contributed by atoms with Crippen LogP contribution in [0, 0.1) is 23.7 Å². The number of aromatic nitrogens is 2.